The molecule has 8 nitrogen and oxygen atoms in total. The zero-order valence-corrected chi connectivity index (χ0v) is 10.5. The van der Waals surface area contributed by atoms with E-state index < -0.39 is 0 Å². The highest BCUT2D eigenvalue weighted by Gasteiger charge is 2.09. The third kappa shape index (κ3) is 2.78. The Balaban J connectivity index is 2.31. The summed E-state index contributed by atoms with van der Waals surface area (Å²) in [5, 5.41) is 34.2. The fourth-order valence-electron chi connectivity index (χ4n) is 1.52. The minimum atomic E-state index is -0.213. The average molecular weight is 270 g/mol. The highest BCUT2D eigenvalue weighted by atomic mass is 16.3. The summed E-state index contributed by atoms with van der Waals surface area (Å²) in [6.07, 6.45) is 1.36. The number of carbonyl (C=O) groups is 1. The van der Waals surface area contributed by atoms with E-state index in [4.69, 9.17) is 5.26 Å². The second kappa shape index (κ2) is 5.62. The van der Waals surface area contributed by atoms with Crippen molar-refractivity contribution in [1.82, 2.24) is 20.6 Å². The highest BCUT2D eigenvalue weighted by Crippen LogP contribution is 2.22. The maximum absolute atomic E-state index is 11.5. The lowest BCUT2D eigenvalue weighted by molar-refractivity contribution is 0.101. The van der Waals surface area contributed by atoms with Crippen LogP contribution in [0.4, 0.5) is 5.69 Å². The van der Waals surface area contributed by atoms with Gasteiger partial charge in [0.25, 0.3) is 0 Å². The Morgan fingerprint density at radius 1 is 1.55 bits per heavy atom. The highest BCUT2D eigenvalue weighted by molar-refractivity contribution is 6.00. The zero-order chi connectivity index (χ0) is 14.5. The molecule has 2 aromatic rings. The Bertz CT molecular complexity index is 699. The number of nitrogens with zero attached hydrogens (tertiary/aromatic N) is 4. The molecule has 0 fully saturated rings. The number of hydrogen-bond acceptors (Lipinski definition) is 7. The van der Waals surface area contributed by atoms with E-state index in [0.29, 0.717) is 11.3 Å². The summed E-state index contributed by atoms with van der Waals surface area (Å²) in [6.45, 7) is 1.38. The first-order chi connectivity index (χ1) is 9.61. The van der Waals surface area contributed by atoms with Crippen molar-refractivity contribution in [2.45, 2.75) is 6.92 Å². The van der Waals surface area contributed by atoms with E-state index in [9.17, 15) is 9.90 Å². The number of ketones is 1. The van der Waals surface area contributed by atoms with Crippen LogP contribution in [0.2, 0.25) is 0 Å². The van der Waals surface area contributed by atoms with Crippen LogP contribution in [0.25, 0.3) is 5.57 Å². The van der Waals surface area contributed by atoms with E-state index >= 15 is 0 Å². The van der Waals surface area contributed by atoms with Crippen LogP contribution in [-0.4, -0.2) is 31.5 Å². The predicted molar refractivity (Wildman–Crippen MR) is 69.5 cm³/mol. The SMILES string of the molecule is CC(=O)c1cc(O)ccc1NC=C(C#N)c1nn[nH]n1. The largest absolute Gasteiger partial charge is 0.508 e. The van der Waals surface area contributed by atoms with Gasteiger partial charge in [0.15, 0.2) is 5.78 Å². The fourth-order valence-corrected chi connectivity index (χ4v) is 1.52. The third-order valence-electron chi connectivity index (χ3n) is 2.46. The first-order valence-corrected chi connectivity index (χ1v) is 5.56. The van der Waals surface area contributed by atoms with E-state index in [0.717, 1.165) is 0 Å². The molecule has 0 unspecified atom stereocenters. The van der Waals surface area contributed by atoms with E-state index in [-0.39, 0.29) is 22.9 Å². The standard InChI is InChI=1S/C12H10N6O2/c1-7(19)10-4-9(20)2-3-11(10)14-6-8(5-13)12-15-17-18-16-12/h2-4,6,14,20H,1H3,(H,15,16,17,18). The number of Topliss-reactive ketones (excluding diaryl/α,β-unsaturated/α-hetero) is 1. The summed E-state index contributed by atoms with van der Waals surface area (Å²) in [7, 11) is 0. The van der Waals surface area contributed by atoms with Crippen LogP contribution in [0.1, 0.15) is 23.1 Å². The second-order valence-corrected chi connectivity index (χ2v) is 3.84. The fraction of sp³-hybridized carbons (Fsp3) is 0.0833. The molecule has 0 spiro atoms. The van der Waals surface area contributed by atoms with Crippen LogP contribution in [0.15, 0.2) is 24.4 Å². The minimum Gasteiger partial charge on any atom is -0.508 e. The lowest BCUT2D eigenvalue weighted by Crippen LogP contribution is -2.00. The van der Waals surface area contributed by atoms with Crippen LogP contribution in [0.3, 0.4) is 0 Å². The van der Waals surface area contributed by atoms with Crippen molar-refractivity contribution in [3.8, 4) is 11.8 Å². The Morgan fingerprint density at radius 2 is 2.35 bits per heavy atom. The Morgan fingerprint density at radius 3 is 2.95 bits per heavy atom. The molecule has 1 aromatic heterocycles. The number of aromatic nitrogens is 4. The van der Waals surface area contributed by atoms with Gasteiger partial charge in [0.1, 0.15) is 17.4 Å². The molecular weight excluding hydrogens is 260 g/mol. The Labute approximate surface area is 113 Å². The normalized spacial score (nSPS) is 10.9. The summed E-state index contributed by atoms with van der Waals surface area (Å²) in [5.41, 5.74) is 0.930. The molecular formula is C12H10N6O2. The summed E-state index contributed by atoms with van der Waals surface area (Å²) < 4.78 is 0. The molecule has 20 heavy (non-hydrogen) atoms. The van der Waals surface area contributed by atoms with Gasteiger partial charge < -0.3 is 10.4 Å². The molecule has 0 aliphatic heterocycles. The number of benzene rings is 1. The number of aromatic amines is 1. The summed E-state index contributed by atoms with van der Waals surface area (Å²) in [5.74, 6) is -0.0820. The zero-order valence-electron chi connectivity index (χ0n) is 10.5. The number of aromatic hydroxyl groups is 1. The number of H-pyrrole nitrogens is 1. The lowest BCUT2D eigenvalue weighted by atomic mass is 10.1. The number of rotatable bonds is 4. The van der Waals surface area contributed by atoms with Gasteiger partial charge in [-0.25, -0.2) is 0 Å². The molecule has 2 rings (SSSR count). The van der Waals surface area contributed by atoms with Gasteiger partial charge in [-0.3, -0.25) is 4.79 Å². The first-order valence-electron chi connectivity index (χ1n) is 5.56. The average Bonchev–Trinajstić information content (AvgIpc) is 2.94. The molecule has 0 saturated heterocycles. The molecule has 0 bridgehead atoms. The van der Waals surface area contributed by atoms with Crippen molar-refractivity contribution in [2.24, 2.45) is 0 Å². The second-order valence-electron chi connectivity index (χ2n) is 3.84. The van der Waals surface area contributed by atoms with Crippen molar-refractivity contribution in [3.63, 3.8) is 0 Å². The van der Waals surface area contributed by atoms with Gasteiger partial charge in [-0.05, 0) is 30.3 Å². The monoisotopic (exact) mass is 270 g/mol. The molecule has 1 heterocycles. The van der Waals surface area contributed by atoms with Crippen molar-refractivity contribution in [2.75, 3.05) is 5.32 Å². The molecule has 0 amide bonds. The Hall–Kier alpha value is -3.21. The van der Waals surface area contributed by atoms with Gasteiger partial charge in [0, 0.05) is 17.5 Å². The molecule has 100 valence electrons. The van der Waals surface area contributed by atoms with Crippen molar-refractivity contribution in [3.05, 3.63) is 35.8 Å². The van der Waals surface area contributed by atoms with Crippen molar-refractivity contribution in [1.29, 1.82) is 5.26 Å². The smallest absolute Gasteiger partial charge is 0.216 e. The molecule has 0 aliphatic carbocycles. The van der Waals surface area contributed by atoms with Gasteiger partial charge in [-0.1, -0.05) is 0 Å². The van der Waals surface area contributed by atoms with E-state index in [2.05, 4.69) is 25.9 Å². The van der Waals surface area contributed by atoms with Crippen molar-refractivity contribution < 1.29 is 9.90 Å². The predicted octanol–water partition coefficient (Wildman–Crippen LogP) is 1.08. The number of phenolic OH excluding ortho intramolecular Hbond substituents is 1. The van der Waals surface area contributed by atoms with Crippen LogP contribution in [-0.2, 0) is 0 Å². The third-order valence-corrected chi connectivity index (χ3v) is 2.46. The van der Waals surface area contributed by atoms with Gasteiger partial charge >= 0.3 is 0 Å². The Kier molecular flexibility index (Phi) is 3.72. The number of phenols is 1. The van der Waals surface area contributed by atoms with E-state index in [1.807, 2.05) is 6.07 Å². The van der Waals surface area contributed by atoms with Gasteiger partial charge in [-0.15, -0.1) is 10.2 Å². The van der Waals surface area contributed by atoms with E-state index in [1.165, 1.54) is 31.3 Å². The quantitative estimate of drug-likeness (QED) is 0.431. The minimum absolute atomic E-state index is 0.0107. The van der Waals surface area contributed by atoms with Crippen molar-refractivity contribution >= 4 is 17.0 Å². The van der Waals surface area contributed by atoms with Gasteiger partial charge in [0.05, 0.1) is 0 Å². The molecule has 0 aliphatic rings. The summed E-state index contributed by atoms with van der Waals surface area (Å²) in [4.78, 5) is 11.5. The molecule has 0 saturated carbocycles. The number of carbonyl (C=O) groups excluding carboxylic acids is 1. The molecule has 0 radical (unpaired) electrons. The van der Waals surface area contributed by atoms with E-state index in [1.54, 1.807) is 0 Å². The number of anilines is 1. The van der Waals surface area contributed by atoms with Crippen LogP contribution in [0.5, 0.6) is 5.75 Å². The molecule has 3 N–H and O–H groups in total. The van der Waals surface area contributed by atoms with Crippen LogP contribution < -0.4 is 5.32 Å². The van der Waals surface area contributed by atoms with Gasteiger partial charge in [-0.2, -0.15) is 10.5 Å². The van der Waals surface area contributed by atoms with Gasteiger partial charge in [0.2, 0.25) is 5.82 Å². The number of nitrogens with one attached hydrogen (secondary N) is 2. The first kappa shape index (κ1) is 13.2. The number of nitriles is 1. The topological polar surface area (TPSA) is 128 Å². The maximum Gasteiger partial charge on any atom is 0.216 e. The maximum atomic E-state index is 11.5. The van der Waals surface area contributed by atoms with Crippen LogP contribution in [0, 0.1) is 11.3 Å². The summed E-state index contributed by atoms with van der Waals surface area (Å²) in [6, 6.07) is 6.23. The molecule has 0 atom stereocenters. The molecule has 8 heteroatoms. The van der Waals surface area contributed by atoms with Crippen LogP contribution >= 0.6 is 0 Å². The number of tetrazole rings is 1. The number of allylic oxidation sites excluding steroid dienone is 1. The lowest BCUT2D eigenvalue weighted by Gasteiger charge is -2.07. The number of hydrogen-bond donors (Lipinski definition) is 3. The summed E-state index contributed by atoms with van der Waals surface area (Å²) >= 11 is 0. The molecule has 1 aromatic carbocycles.